The van der Waals surface area contributed by atoms with E-state index in [4.69, 9.17) is 5.73 Å². The summed E-state index contributed by atoms with van der Waals surface area (Å²) in [6.45, 7) is 7.07. The van der Waals surface area contributed by atoms with E-state index in [1.54, 1.807) is 0 Å². The molecule has 0 aliphatic heterocycles. The number of nitrogens with zero attached hydrogens (tertiary/aromatic N) is 3. The van der Waals surface area contributed by atoms with Crippen LogP contribution in [0.3, 0.4) is 0 Å². The van der Waals surface area contributed by atoms with Crippen LogP contribution in [0.15, 0.2) is 6.07 Å². The fourth-order valence-electron chi connectivity index (χ4n) is 1.26. The normalized spacial score (nSPS) is 12.1. The van der Waals surface area contributed by atoms with Crippen molar-refractivity contribution in [1.29, 1.82) is 0 Å². The second kappa shape index (κ2) is 4.14. The van der Waals surface area contributed by atoms with Crippen LogP contribution in [-0.2, 0) is 12.0 Å². The van der Waals surface area contributed by atoms with Crippen molar-refractivity contribution in [2.45, 2.75) is 32.7 Å². The molecule has 1 aromatic rings. The molecule has 4 heteroatoms. The van der Waals surface area contributed by atoms with Gasteiger partial charge in [-0.2, -0.15) is 0 Å². The van der Waals surface area contributed by atoms with Crippen LogP contribution in [-0.4, -0.2) is 29.0 Å². The van der Waals surface area contributed by atoms with E-state index in [-0.39, 0.29) is 5.41 Å². The van der Waals surface area contributed by atoms with E-state index in [0.717, 1.165) is 11.5 Å². The highest BCUT2D eigenvalue weighted by Crippen LogP contribution is 2.21. The zero-order chi connectivity index (χ0) is 11.6. The molecule has 0 fully saturated rings. The van der Waals surface area contributed by atoms with Crippen LogP contribution in [0.25, 0.3) is 0 Å². The van der Waals surface area contributed by atoms with E-state index >= 15 is 0 Å². The molecule has 0 aromatic carbocycles. The van der Waals surface area contributed by atoms with Crippen LogP contribution in [0.4, 0.5) is 5.82 Å². The Morgan fingerprint density at radius 3 is 2.33 bits per heavy atom. The second-order valence-electron chi connectivity index (χ2n) is 5.08. The summed E-state index contributed by atoms with van der Waals surface area (Å²) in [6, 6.07) is 1.85. The van der Waals surface area contributed by atoms with Crippen LogP contribution < -0.4 is 5.73 Å². The Kier molecular flexibility index (Phi) is 3.29. The summed E-state index contributed by atoms with van der Waals surface area (Å²) in [7, 11) is 3.98. The molecule has 0 unspecified atom stereocenters. The highest BCUT2D eigenvalue weighted by molar-refractivity contribution is 5.32. The van der Waals surface area contributed by atoms with E-state index < -0.39 is 0 Å². The Morgan fingerprint density at radius 1 is 1.27 bits per heavy atom. The van der Waals surface area contributed by atoms with Crippen LogP contribution in [0, 0.1) is 0 Å². The average molecular weight is 208 g/mol. The number of hydrogen-bond donors (Lipinski definition) is 1. The Hall–Kier alpha value is -1.16. The minimum absolute atomic E-state index is 0.0120. The maximum Gasteiger partial charge on any atom is 0.144 e. The molecule has 0 amide bonds. The van der Waals surface area contributed by atoms with Crippen LogP contribution in [0.2, 0.25) is 0 Å². The molecule has 0 saturated heterocycles. The van der Waals surface area contributed by atoms with Crippen molar-refractivity contribution in [3.05, 3.63) is 17.6 Å². The predicted molar refractivity (Wildman–Crippen MR) is 62.5 cm³/mol. The maximum atomic E-state index is 5.76. The summed E-state index contributed by atoms with van der Waals surface area (Å²) < 4.78 is 0. The molecule has 0 aliphatic rings. The summed E-state index contributed by atoms with van der Waals surface area (Å²) in [5.74, 6) is 1.33. The average Bonchev–Trinajstić information content (AvgIpc) is 1.99. The summed E-state index contributed by atoms with van der Waals surface area (Å²) in [4.78, 5) is 10.8. The van der Waals surface area contributed by atoms with Crippen molar-refractivity contribution in [2.24, 2.45) is 0 Å². The molecule has 0 bridgehead atoms. The third-order valence-electron chi connectivity index (χ3n) is 2.02. The number of nitrogens with two attached hydrogens (primary N) is 1. The first-order valence-corrected chi connectivity index (χ1v) is 5.07. The van der Waals surface area contributed by atoms with Gasteiger partial charge in [0.25, 0.3) is 0 Å². The Bertz CT molecular complexity index is 339. The summed E-state index contributed by atoms with van der Waals surface area (Å²) in [5, 5.41) is 0. The smallest absolute Gasteiger partial charge is 0.144 e. The van der Waals surface area contributed by atoms with E-state index in [1.165, 1.54) is 0 Å². The van der Waals surface area contributed by atoms with Gasteiger partial charge in [-0.25, -0.2) is 9.97 Å². The summed E-state index contributed by atoms with van der Waals surface area (Å²) in [6.07, 6.45) is 0. The Labute approximate surface area is 91.5 Å². The molecule has 0 saturated carbocycles. The molecule has 1 heterocycles. The zero-order valence-electron chi connectivity index (χ0n) is 10.2. The van der Waals surface area contributed by atoms with Gasteiger partial charge in [0.1, 0.15) is 11.6 Å². The number of nitrogen functional groups attached to an aromatic ring is 1. The predicted octanol–water partition coefficient (Wildman–Crippen LogP) is 1.42. The molecule has 15 heavy (non-hydrogen) atoms. The van der Waals surface area contributed by atoms with Crippen molar-refractivity contribution in [3.8, 4) is 0 Å². The molecule has 0 aliphatic carbocycles. The van der Waals surface area contributed by atoms with Crippen molar-refractivity contribution in [1.82, 2.24) is 14.9 Å². The Morgan fingerprint density at radius 2 is 1.87 bits per heavy atom. The van der Waals surface area contributed by atoms with E-state index in [1.807, 2.05) is 25.1 Å². The summed E-state index contributed by atoms with van der Waals surface area (Å²) >= 11 is 0. The second-order valence-corrected chi connectivity index (χ2v) is 5.08. The van der Waals surface area contributed by atoms with Gasteiger partial charge >= 0.3 is 0 Å². The Balaban J connectivity index is 3.06. The first kappa shape index (κ1) is 11.9. The maximum absolute atomic E-state index is 5.76. The largest absolute Gasteiger partial charge is 0.384 e. The summed E-state index contributed by atoms with van der Waals surface area (Å²) in [5.41, 5.74) is 6.77. The van der Waals surface area contributed by atoms with Crippen LogP contribution in [0.5, 0.6) is 0 Å². The lowest BCUT2D eigenvalue weighted by atomic mass is 9.92. The molecule has 84 valence electrons. The van der Waals surface area contributed by atoms with Crippen LogP contribution >= 0.6 is 0 Å². The van der Waals surface area contributed by atoms with Gasteiger partial charge in [-0.3, -0.25) is 0 Å². The number of rotatable bonds is 2. The highest BCUT2D eigenvalue weighted by Gasteiger charge is 2.17. The van der Waals surface area contributed by atoms with E-state index in [9.17, 15) is 0 Å². The molecule has 1 aromatic heterocycles. The van der Waals surface area contributed by atoms with Gasteiger partial charge in [0.15, 0.2) is 0 Å². The third kappa shape index (κ3) is 3.47. The van der Waals surface area contributed by atoms with Gasteiger partial charge in [-0.05, 0) is 14.1 Å². The molecule has 4 nitrogen and oxygen atoms in total. The minimum atomic E-state index is 0.0120. The standard InChI is InChI=1S/C11H20N4/c1-11(2,3)8-6-9(12)14-10(13-8)7-15(4)5/h6H,7H2,1-5H3,(H2,12,13,14). The fourth-order valence-corrected chi connectivity index (χ4v) is 1.26. The molecular weight excluding hydrogens is 188 g/mol. The SMILES string of the molecule is CN(C)Cc1nc(N)cc(C(C)(C)C)n1. The first-order valence-electron chi connectivity index (χ1n) is 5.07. The van der Waals surface area contributed by atoms with Crippen LogP contribution in [0.1, 0.15) is 32.3 Å². The van der Waals surface area contributed by atoms with Gasteiger partial charge in [0, 0.05) is 11.5 Å². The lowest BCUT2D eigenvalue weighted by Gasteiger charge is -2.19. The third-order valence-corrected chi connectivity index (χ3v) is 2.02. The first-order chi connectivity index (χ1) is 6.79. The van der Waals surface area contributed by atoms with Crippen molar-refractivity contribution < 1.29 is 0 Å². The highest BCUT2D eigenvalue weighted by atomic mass is 15.1. The van der Waals surface area contributed by atoms with Crippen molar-refractivity contribution in [3.63, 3.8) is 0 Å². The monoisotopic (exact) mass is 208 g/mol. The fraction of sp³-hybridized carbons (Fsp3) is 0.636. The molecule has 2 N–H and O–H groups in total. The lowest BCUT2D eigenvalue weighted by molar-refractivity contribution is 0.388. The number of anilines is 1. The van der Waals surface area contributed by atoms with Crippen molar-refractivity contribution >= 4 is 5.82 Å². The van der Waals surface area contributed by atoms with Gasteiger partial charge in [0.2, 0.25) is 0 Å². The molecule has 0 radical (unpaired) electrons. The molecule has 0 atom stereocenters. The van der Waals surface area contributed by atoms with E-state index in [0.29, 0.717) is 12.4 Å². The van der Waals surface area contributed by atoms with Gasteiger partial charge < -0.3 is 10.6 Å². The van der Waals surface area contributed by atoms with Gasteiger partial charge in [-0.1, -0.05) is 20.8 Å². The molecular formula is C11H20N4. The minimum Gasteiger partial charge on any atom is -0.384 e. The quantitative estimate of drug-likeness (QED) is 0.798. The lowest BCUT2D eigenvalue weighted by Crippen LogP contribution is -2.19. The number of aromatic nitrogens is 2. The zero-order valence-corrected chi connectivity index (χ0v) is 10.2. The van der Waals surface area contributed by atoms with Crippen molar-refractivity contribution in [2.75, 3.05) is 19.8 Å². The molecule has 1 rings (SSSR count). The molecule has 0 spiro atoms. The van der Waals surface area contributed by atoms with E-state index in [2.05, 4.69) is 30.7 Å². The topological polar surface area (TPSA) is 55.0 Å². The van der Waals surface area contributed by atoms with Gasteiger partial charge in [-0.15, -0.1) is 0 Å². The van der Waals surface area contributed by atoms with Gasteiger partial charge in [0.05, 0.1) is 12.2 Å². The number of hydrogen-bond acceptors (Lipinski definition) is 4.